The Morgan fingerprint density at radius 2 is 1.89 bits per heavy atom. The molecule has 2 rings (SSSR count). The summed E-state index contributed by atoms with van der Waals surface area (Å²) in [5, 5.41) is 2.54. The second kappa shape index (κ2) is 10.3. The third-order valence-electron chi connectivity index (χ3n) is 3.59. The lowest BCUT2D eigenvalue weighted by Gasteiger charge is -2.16. The first-order valence-corrected chi connectivity index (χ1v) is 9.12. The second-order valence-electron chi connectivity index (χ2n) is 5.72. The van der Waals surface area contributed by atoms with Gasteiger partial charge < -0.3 is 14.8 Å². The summed E-state index contributed by atoms with van der Waals surface area (Å²) in [5.74, 6) is -1.77. The van der Waals surface area contributed by atoms with Gasteiger partial charge in [0.2, 0.25) is 0 Å². The fourth-order valence-electron chi connectivity index (χ4n) is 2.30. The minimum Gasteiger partial charge on any atom is -0.467 e. The molecule has 1 N–H and O–H groups in total. The number of hydrogen-bond donors (Lipinski definition) is 1. The highest BCUT2D eigenvalue weighted by atomic mass is 32.1. The molecule has 0 bridgehead atoms. The maximum Gasteiger partial charge on any atom is 0.331 e. The quantitative estimate of drug-likeness (QED) is 0.556. The van der Waals surface area contributed by atoms with Crippen molar-refractivity contribution in [3.05, 3.63) is 63.9 Å². The van der Waals surface area contributed by atoms with Crippen molar-refractivity contribution in [3.63, 3.8) is 0 Å². The van der Waals surface area contributed by atoms with Crippen molar-refractivity contribution in [2.24, 2.45) is 0 Å². The molecule has 0 spiro atoms. The van der Waals surface area contributed by atoms with E-state index >= 15 is 0 Å². The van der Waals surface area contributed by atoms with E-state index in [9.17, 15) is 14.4 Å². The normalized spacial score (nSPS) is 11.8. The highest BCUT2D eigenvalue weighted by Gasteiger charge is 2.22. The Labute approximate surface area is 161 Å². The zero-order valence-corrected chi connectivity index (χ0v) is 16.0. The molecule has 0 aliphatic heterocycles. The van der Waals surface area contributed by atoms with Crippen molar-refractivity contribution in [2.45, 2.75) is 19.4 Å². The van der Waals surface area contributed by atoms with Crippen molar-refractivity contribution in [3.8, 4) is 0 Å². The molecule has 0 fully saturated rings. The van der Waals surface area contributed by atoms with Crippen molar-refractivity contribution in [1.29, 1.82) is 0 Å². The number of aryl methyl sites for hydroxylation is 1. The summed E-state index contributed by atoms with van der Waals surface area (Å²) < 4.78 is 9.64. The SMILES string of the molecule is COC(=O)[C@H](Cc1ccccc1)NC(=O)COC(=O)/C=C/c1ccc(C)s1. The lowest BCUT2D eigenvalue weighted by atomic mass is 10.1. The van der Waals surface area contributed by atoms with E-state index in [0.717, 1.165) is 15.3 Å². The molecule has 1 aromatic heterocycles. The lowest BCUT2D eigenvalue weighted by Crippen LogP contribution is -2.44. The molecule has 0 saturated carbocycles. The van der Waals surface area contributed by atoms with Crippen LogP contribution in [0, 0.1) is 6.92 Å². The van der Waals surface area contributed by atoms with Gasteiger partial charge in [0.1, 0.15) is 6.04 Å². The second-order valence-corrected chi connectivity index (χ2v) is 7.04. The molecule has 0 aliphatic carbocycles. The van der Waals surface area contributed by atoms with Crippen LogP contribution in [0.1, 0.15) is 15.3 Å². The molecule has 2 aromatic rings. The monoisotopic (exact) mass is 387 g/mol. The summed E-state index contributed by atoms with van der Waals surface area (Å²) in [4.78, 5) is 37.7. The molecule has 142 valence electrons. The third-order valence-corrected chi connectivity index (χ3v) is 4.56. The van der Waals surface area contributed by atoms with E-state index in [-0.39, 0.29) is 6.42 Å². The number of hydrogen-bond acceptors (Lipinski definition) is 6. The van der Waals surface area contributed by atoms with Gasteiger partial charge in [-0.15, -0.1) is 11.3 Å². The summed E-state index contributed by atoms with van der Waals surface area (Å²) in [6.45, 7) is 1.49. The molecule has 1 aromatic carbocycles. The van der Waals surface area contributed by atoms with Gasteiger partial charge in [-0.2, -0.15) is 0 Å². The van der Waals surface area contributed by atoms with Crippen molar-refractivity contribution in [2.75, 3.05) is 13.7 Å². The first kappa shape index (κ1) is 20.4. The molecule has 1 atom stereocenters. The van der Waals surface area contributed by atoms with Gasteiger partial charge >= 0.3 is 11.9 Å². The number of nitrogens with one attached hydrogen (secondary N) is 1. The first-order chi connectivity index (χ1) is 13.0. The molecule has 6 nitrogen and oxygen atoms in total. The highest BCUT2D eigenvalue weighted by molar-refractivity contribution is 7.12. The lowest BCUT2D eigenvalue weighted by molar-refractivity contribution is -0.147. The van der Waals surface area contributed by atoms with Crippen LogP contribution < -0.4 is 5.32 Å². The van der Waals surface area contributed by atoms with E-state index in [1.165, 1.54) is 13.2 Å². The molecule has 0 radical (unpaired) electrons. The number of benzene rings is 1. The predicted molar refractivity (Wildman–Crippen MR) is 103 cm³/mol. The molecule has 0 saturated heterocycles. The Morgan fingerprint density at radius 1 is 1.15 bits per heavy atom. The van der Waals surface area contributed by atoms with Gasteiger partial charge in [-0.3, -0.25) is 4.79 Å². The van der Waals surface area contributed by atoms with E-state index in [4.69, 9.17) is 9.47 Å². The van der Waals surface area contributed by atoms with Crippen molar-refractivity contribution >= 4 is 35.3 Å². The zero-order valence-electron chi connectivity index (χ0n) is 15.1. The Bertz CT molecular complexity index is 813. The van der Waals surface area contributed by atoms with E-state index in [2.05, 4.69) is 5.32 Å². The number of carbonyl (C=O) groups excluding carboxylic acids is 3. The van der Waals surface area contributed by atoms with Gasteiger partial charge in [0.05, 0.1) is 7.11 Å². The van der Waals surface area contributed by atoms with Crippen LogP contribution in [0.25, 0.3) is 6.08 Å². The average Bonchev–Trinajstić information content (AvgIpc) is 3.09. The van der Waals surface area contributed by atoms with Crippen LogP contribution in [0.5, 0.6) is 0 Å². The van der Waals surface area contributed by atoms with E-state index in [1.54, 1.807) is 17.4 Å². The molecule has 0 unspecified atom stereocenters. The summed E-state index contributed by atoms with van der Waals surface area (Å²) in [6.07, 6.45) is 3.18. The number of esters is 2. The van der Waals surface area contributed by atoms with Crippen LogP contribution in [-0.4, -0.2) is 37.6 Å². The largest absolute Gasteiger partial charge is 0.467 e. The number of methoxy groups -OCH3 is 1. The molecule has 7 heteroatoms. The van der Waals surface area contributed by atoms with Crippen molar-refractivity contribution < 1.29 is 23.9 Å². The number of carbonyl (C=O) groups is 3. The Balaban J connectivity index is 1.84. The number of thiophene rings is 1. The molecular formula is C20H21NO5S. The Morgan fingerprint density at radius 3 is 2.52 bits per heavy atom. The maximum absolute atomic E-state index is 12.0. The summed E-state index contributed by atoms with van der Waals surface area (Å²) >= 11 is 1.54. The smallest absolute Gasteiger partial charge is 0.331 e. The van der Waals surface area contributed by atoms with Gasteiger partial charge in [0.15, 0.2) is 6.61 Å². The molecular weight excluding hydrogens is 366 g/mol. The Hall–Kier alpha value is -2.93. The van der Waals surface area contributed by atoms with Crippen LogP contribution in [0.2, 0.25) is 0 Å². The van der Waals surface area contributed by atoms with E-state index < -0.39 is 30.5 Å². The molecule has 1 heterocycles. The van der Waals surface area contributed by atoms with Crippen LogP contribution in [-0.2, 0) is 30.3 Å². The Kier molecular flexibility index (Phi) is 7.76. The number of ether oxygens (including phenoxy) is 2. The maximum atomic E-state index is 12.0. The number of amides is 1. The van der Waals surface area contributed by atoms with Gasteiger partial charge in [-0.25, -0.2) is 9.59 Å². The summed E-state index contributed by atoms with van der Waals surface area (Å²) in [5.41, 5.74) is 0.874. The van der Waals surface area contributed by atoms with E-state index in [1.807, 2.05) is 49.4 Å². The fourth-order valence-corrected chi connectivity index (χ4v) is 3.08. The summed E-state index contributed by atoms with van der Waals surface area (Å²) in [7, 11) is 1.25. The van der Waals surface area contributed by atoms with Crippen LogP contribution in [0.4, 0.5) is 0 Å². The highest BCUT2D eigenvalue weighted by Crippen LogP contribution is 2.16. The van der Waals surface area contributed by atoms with E-state index in [0.29, 0.717) is 0 Å². The molecule has 27 heavy (non-hydrogen) atoms. The van der Waals surface area contributed by atoms with Crippen molar-refractivity contribution in [1.82, 2.24) is 5.32 Å². The zero-order chi connectivity index (χ0) is 19.6. The minimum atomic E-state index is -0.853. The minimum absolute atomic E-state index is 0.283. The van der Waals surface area contributed by atoms with Gasteiger partial charge in [0, 0.05) is 22.3 Å². The third kappa shape index (κ3) is 7.07. The van der Waals surface area contributed by atoms with Crippen LogP contribution in [0.15, 0.2) is 48.5 Å². The first-order valence-electron chi connectivity index (χ1n) is 8.30. The van der Waals surface area contributed by atoms with Gasteiger partial charge in [-0.05, 0) is 30.7 Å². The molecule has 1 amide bonds. The van der Waals surface area contributed by atoms with Gasteiger partial charge in [0.25, 0.3) is 5.91 Å². The molecule has 0 aliphatic rings. The predicted octanol–water partition coefficient (Wildman–Crippen LogP) is 2.51. The summed E-state index contributed by atoms with van der Waals surface area (Å²) in [6, 6.07) is 12.2. The average molecular weight is 387 g/mol. The fraction of sp³-hybridized carbons (Fsp3) is 0.250. The van der Waals surface area contributed by atoms with Crippen LogP contribution >= 0.6 is 11.3 Å². The number of rotatable bonds is 8. The van der Waals surface area contributed by atoms with Crippen LogP contribution in [0.3, 0.4) is 0 Å². The van der Waals surface area contributed by atoms with Gasteiger partial charge in [-0.1, -0.05) is 30.3 Å². The standard InChI is InChI=1S/C20H21NO5S/c1-14-8-9-16(27-14)10-11-19(23)26-13-18(22)21-17(20(24)25-2)12-15-6-4-3-5-7-15/h3-11,17H,12-13H2,1-2H3,(H,21,22)/b11-10+/t17-/m0/s1. The topological polar surface area (TPSA) is 81.7 Å².